The van der Waals surface area contributed by atoms with Gasteiger partial charge in [0.2, 0.25) is 5.91 Å². The Bertz CT molecular complexity index is 237. The lowest BCUT2D eigenvalue weighted by Crippen LogP contribution is -2.39. The number of carbonyl (C=O) groups is 1. The van der Waals surface area contributed by atoms with Crippen LogP contribution in [0.3, 0.4) is 0 Å². The Morgan fingerprint density at radius 2 is 2.38 bits per heavy atom. The quantitative estimate of drug-likeness (QED) is 0.648. The van der Waals surface area contributed by atoms with Gasteiger partial charge >= 0.3 is 0 Å². The van der Waals surface area contributed by atoms with Crippen LogP contribution in [-0.2, 0) is 4.79 Å². The highest BCUT2D eigenvalue weighted by atomic mass is 16.1. The average Bonchev–Trinajstić information content (AvgIpc) is 2.34. The van der Waals surface area contributed by atoms with Crippen molar-refractivity contribution in [2.75, 3.05) is 6.54 Å². The van der Waals surface area contributed by atoms with Gasteiger partial charge in [-0.15, -0.1) is 0 Å². The molecule has 0 spiro atoms. The molecule has 3 nitrogen and oxygen atoms in total. The molecule has 0 aromatic rings. The zero-order valence-corrected chi connectivity index (χ0v) is 7.78. The van der Waals surface area contributed by atoms with E-state index in [9.17, 15) is 4.79 Å². The molecule has 1 fully saturated rings. The second kappa shape index (κ2) is 3.50. The lowest BCUT2D eigenvalue weighted by Gasteiger charge is -2.30. The first-order valence-corrected chi connectivity index (χ1v) is 4.98. The molecule has 2 aliphatic heterocycles. The van der Waals surface area contributed by atoms with E-state index < -0.39 is 0 Å². The maximum Gasteiger partial charge on any atom is 0.218 e. The summed E-state index contributed by atoms with van der Waals surface area (Å²) >= 11 is 0. The summed E-state index contributed by atoms with van der Waals surface area (Å²) in [5.74, 6) is -0.186. The fourth-order valence-electron chi connectivity index (χ4n) is 2.41. The fraction of sp³-hybridized carbons (Fsp3) is 0.700. The molecule has 2 rings (SSSR count). The Kier molecular flexibility index (Phi) is 2.36. The van der Waals surface area contributed by atoms with Crippen LogP contribution in [-0.4, -0.2) is 29.4 Å². The summed E-state index contributed by atoms with van der Waals surface area (Å²) < 4.78 is 0. The van der Waals surface area contributed by atoms with Gasteiger partial charge in [0.25, 0.3) is 0 Å². The third kappa shape index (κ3) is 1.75. The van der Waals surface area contributed by atoms with Crippen molar-refractivity contribution < 1.29 is 4.79 Å². The molecule has 1 amide bonds. The van der Waals surface area contributed by atoms with E-state index in [1.54, 1.807) is 0 Å². The Morgan fingerprint density at radius 1 is 1.54 bits per heavy atom. The summed E-state index contributed by atoms with van der Waals surface area (Å²) in [6.45, 7) is 0.842. The number of primary amides is 1. The predicted octanol–water partition coefficient (Wildman–Crippen LogP) is 0.655. The summed E-state index contributed by atoms with van der Waals surface area (Å²) in [7, 11) is 0. The minimum absolute atomic E-state index is 0.186. The fourth-order valence-corrected chi connectivity index (χ4v) is 2.41. The number of nitrogens with zero attached hydrogens (tertiary/aromatic N) is 1. The first kappa shape index (κ1) is 8.75. The van der Waals surface area contributed by atoms with Crippen LogP contribution in [0.25, 0.3) is 0 Å². The second-order valence-electron chi connectivity index (χ2n) is 3.92. The SMILES string of the molecule is NC(=O)CCN1C2C=CCC1CC2. The lowest BCUT2D eigenvalue weighted by molar-refractivity contribution is -0.118. The molecular weight excluding hydrogens is 164 g/mol. The van der Waals surface area contributed by atoms with Crippen LogP contribution >= 0.6 is 0 Å². The van der Waals surface area contributed by atoms with Gasteiger partial charge in [0.15, 0.2) is 0 Å². The van der Waals surface area contributed by atoms with Crippen LogP contribution in [0.4, 0.5) is 0 Å². The first-order valence-electron chi connectivity index (χ1n) is 4.98. The topological polar surface area (TPSA) is 46.3 Å². The van der Waals surface area contributed by atoms with Gasteiger partial charge in [-0.1, -0.05) is 12.2 Å². The lowest BCUT2D eigenvalue weighted by atomic mass is 10.1. The van der Waals surface area contributed by atoms with Crippen molar-refractivity contribution in [3.63, 3.8) is 0 Å². The highest BCUT2D eigenvalue weighted by molar-refractivity contribution is 5.73. The number of rotatable bonds is 3. The molecule has 2 N–H and O–H groups in total. The molecule has 2 bridgehead atoms. The Balaban J connectivity index is 1.93. The molecule has 2 atom stereocenters. The summed E-state index contributed by atoms with van der Waals surface area (Å²) in [5.41, 5.74) is 5.14. The molecule has 72 valence electrons. The molecule has 1 saturated heterocycles. The van der Waals surface area contributed by atoms with Crippen molar-refractivity contribution in [1.29, 1.82) is 0 Å². The number of hydrogen-bond acceptors (Lipinski definition) is 2. The van der Waals surface area contributed by atoms with Crippen molar-refractivity contribution in [2.24, 2.45) is 5.73 Å². The van der Waals surface area contributed by atoms with Gasteiger partial charge in [0, 0.05) is 25.0 Å². The van der Waals surface area contributed by atoms with Crippen molar-refractivity contribution in [1.82, 2.24) is 4.90 Å². The average molecular weight is 180 g/mol. The zero-order chi connectivity index (χ0) is 9.26. The second-order valence-corrected chi connectivity index (χ2v) is 3.92. The van der Waals surface area contributed by atoms with Crippen molar-refractivity contribution in [3.05, 3.63) is 12.2 Å². The van der Waals surface area contributed by atoms with Crippen LogP contribution in [0, 0.1) is 0 Å². The van der Waals surface area contributed by atoms with E-state index in [1.165, 1.54) is 12.8 Å². The molecule has 0 saturated carbocycles. The van der Waals surface area contributed by atoms with Crippen LogP contribution in [0.5, 0.6) is 0 Å². The van der Waals surface area contributed by atoms with Crippen LogP contribution < -0.4 is 5.73 Å². The van der Waals surface area contributed by atoms with E-state index in [0.29, 0.717) is 18.5 Å². The molecule has 0 aromatic carbocycles. The van der Waals surface area contributed by atoms with Gasteiger partial charge < -0.3 is 5.73 Å². The maximum absolute atomic E-state index is 10.7. The largest absolute Gasteiger partial charge is 0.370 e. The maximum atomic E-state index is 10.7. The van der Waals surface area contributed by atoms with E-state index in [1.807, 2.05) is 0 Å². The smallest absolute Gasteiger partial charge is 0.218 e. The minimum atomic E-state index is -0.186. The van der Waals surface area contributed by atoms with Crippen molar-refractivity contribution in [2.45, 2.75) is 37.8 Å². The Morgan fingerprint density at radius 3 is 3.08 bits per heavy atom. The third-order valence-corrected chi connectivity index (χ3v) is 3.07. The summed E-state index contributed by atoms with van der Waals surface area (Å²) in [6.07, 6.45) is 8.71. The monoisotopic (exact) mass is 180 g/mol. The van der Waals surface area contributed by atoms with Crippen molar-refractivity contribution >= 4 is 5.91 Å². The van der Waals surface area contributed by atoms with E-state index in [4.69, 9.17) is 5.73 Å². The molecule has 0 aromatic heterocycles. The minimum Gasteiger partial charge on any atom is -0.370 e. The van der Waals surface area contributed by atoms with Gasteiger partial charge in [-0.25, -0.2) is 0 Å². The van der Waals surface area contributed by atoms with E-state index in [2.05, 4.69) is 17.1 Å². The Labute approximate surface area is 78.6 Å². The normalized spacial score (nSPS) is 32.3. The van der Waals surface area contributed by atoms with Crippen LogP contribution in [0.1, 0.15) is 25.7 Å². The molecule has 2 aliphatic rings. The number of fused-ring (bicyclic) bond motifs is 2. The molecule has 2 heterocycles. The first-order chi connectivity index (χ1) is 6.27. The van der Waals surface area contributed by atoms with Gasteiger partial charge in [-0.3, -0.25) is 9.69 Å². The number of carbonyl (C=O) groups excluding carboxylic acids is 1. The summed E-state index contributed by atoms with van der Waals surface area (Å²) in [5, 5.41) is 0. The third-order valence-electron chi connectivity index (χ3n) is 3.07. The van der Waals surface area contributed by atoms with Gasteiger partial charge in [-0.2, -0.15) is 0 Å². The molecule has 13 heavy (non-hydrogen) atoms. The molecule has 2 unspecified atom stereocenters. The van der Waals surface area contributed by atoms with E-state index in [0.717, 1.165) is 13.0 Å². The summed E-state index contributed by atoms with van der Waals surface area (Å²) in [6, 6.07) is 1.26. The Hall–Kier alpha value is -0.830. The molecule has 3 heteroatoms. The standard InChI is InChI=1S/C10H16N2O/c11-10(13)6-7-12-8-2-1-3-9(12)5-4-8/h1-2,8-9H,3-7H2,(H2,11,13). The van der Waals surface area contributed by atoms with Crippen LogP contribution in [0.2, 0.25) is 0 Å². The number of hydrogen-bond donors (Lipinski definition) is 1. The van der Waals surface area contributed by atoms with Crippen molar-refractivity contribution in [3.8, 4) is 0 Å². The van der Waals surface area contributed by atoms with Gasteiger partial charge in [0.05, 0.1) is 0 Å². The van der Waals surface area contributed by atoms with E-state index in [-0.39, 0.29) is 5.91 Å². The predicted molar refractivity (Wildman–Crippen MR) is 51.1 cm³/mol. The molecule has 0 aliphatic carbocycles. The van der Waals surface area contributed by atoms with E-state index >= 15 is 0 Å². The van der Waals surface area contributed by atoms with Crippen LogP contribution in [0.15, 0.2) is 12.2 Å². The molecular formula is C10H16N2O. The summed E-state index contributed by atoms with van der Waals surface area (Å²) in [4.78, 5) is 13.1. The highest BCUT2D eigenvalue weighted by Gasteiger charge is 2.33. The molecule has 0 radical (unpaired) electrons. The zero-order valence-electron chi connectivity index (χ0n) is 7.78. The van der Waals surface area contributed by atoms with Gasteiger partial charge in [0.1, 0.15) is 0 Å². The number of nitrogens with two attached hydrogens (primary N) is 1. The van der Waals surface area contributed by atoms with Gasteiger partial charge in [-0.05, 0) is 19.3 Å². The number of amides is 1. The highest BCUT2D eigenvalue weighted by Crippen LogP contribution is 2.31.